The standard InChI is InChI=1S/C22H29NO2/c1-5-18-11-9-10-14-21(18)25-17(4)22(24)23-20(15-16(2)3)19-12-7-6-8-13-19/h6-14,16-17,20H,5,15H2,1-4H3,(H,23,24)/t17-,20-/m1/s1. The van der Waals surface area contributed by atoms with Crippen LogP contribution in [0.25, 0.3) is 0 Å². The molecule has 0 aromatic heterocycles. The quantitative estimate of drug-likeness (QED) is 0.741. The molecule has 0 saturated heterocycles. The molecular weight excluding hydrogens is 310 g/mol. The van der Waals surface area contributed by atoms with Crippen LogP contribution in [0.3, 0.4) is 0 Å². The van der Waals surface area contributed by atoms with Crippen molar-refractivity contribution in [3.63, 3.8) is 0 Å². The van der Waals surface area contributed by atoms with E-state index in [4.69, 9.17) is 4.74 Å². The average molecular weight is 339 g/mol. The fraction of sp³-hybridized carbons (Fsp3) is 0.409. The molecule has 0 spiro atoms. The Morgan fingerprint density at radius 1 is 1.00 bits per heavy atom. The number of carbonyl (C=O) groups is 1. The van der Waals surface area contributed by atoms with Gasteiger partial charge >= 0.3 is 0 Å². The highest BCUT2D eigenvalue weighted by Gasteiger charge is 2.21. The number of carbonyl (C=O) groups excluding carboxylic acids is 1. The minimum absolute atomic E-state index is 0.00108. The summed E-state index contributed by atoms with van der Waals surface area (Å²) in [5.41, 5.74) is 2.25. The molecule has 25 heavy (non-hydrogen) atoms. The fourth-order valence-electron chi connectivity index (χ4n) is 2.88. The first-order valence-electron chi connectivity index (χ1n) is 9.11. The monoisotopic (exact) mass is 339 g/mol. The van der Waals surface area contributed by atoms with Gasteiger partial charge in [0.25, 0.3) is 5.91 Å². The van der Waals surface area contributed by atoms with Crippen molar-refractivity contribution in [3.8, 4) is 5.75 Å². The number of amides is 1. The van der Waals surface area contributed by atoms with Crippen LogP contribution in [0.2, 0.25) is 0 Å². The van der Waals surface area contributed by atoms with Crippen molar-refractivity contribution in [2.24, 2.45) is 5.92 Å². The molecule has 0 aliphatic carbocycles. The van der Waals surface area contributed by atoms with Gasteiger partial charge in [-0.15, -0.1) is 0 Å². The van der Waals surface area contributed by atoms with Crippen molar-refractivity contribution in [2.45, 2.75) is 52.7 Å². The van der Waals surface area contributed by atoms with E-state index in [1.165, 1.54) is 0 Å². The van der Waals surface area contributed by atoms with Crippen molar-refractivity contribution in [2.75, 3.05) is 0 Å². The molecule has 0 aliphatic rings. The van der Waals surface area contributed by atoms with Crippen LogP contribution in [0.1, 0.15) is 51.3 Å². The molecule has 134 valence electrons. The van der Waals surface area contributed by atoms with E-state index in [1.54, 1.807) is 6.92 Å². The van der Waals surface area contributed by atoms with Gasteiger partial charge in [0.2, 0.25) is 0 Å². The van der Waals surface area contributed by atoms with Gasteiger partial charge in [-0.2, -0.15) is 0 Å². The van der Waals surface area contributed by atoms with E-state index in [2.05, 4.69) is 38.2 Å². The lowest BCUT2D eigenvalue weighted by Crippen LogP contribution is -2.39. The molecule has 2 aromatic rings. The predicted molar refractivity (Wildman–Crippen MR) is 103 cm³/mol. The highest BCUT2D eigenvalue weighted by atomic mass is 16.5. The van der Waals surface area contributed by atoms with E-state index < -0.39 is 6.10 Å². The second kappa shape index (κ2) is 9.26. The van der Waals surface area contributed by atoms with Crippen molar-refractivity contribution >= 4 is 5.91 Å². The third-order valence-electron chi connectivity index (χ3n) is 4.25. The minimum Gasteiger partial charge on any atom is -0.481 e. The summed E-state index contributed by atoms with van der Waals surface area (Å²) in [4.78, 5) is 12.7. The Hall–Kier alpha value is -2.29. The summed E-state index contributed by atoms with van der Waals surface area (Å²) in [6, 6.07) is 18.0. The number of benzene rings is 2. The Morgan fingerprint density at radius 3 is 2.28 bits per heavy atom. The summed E-state index contributed by atoms with van der Waals surface area (Å²) in [6.07, 6.45) is 1.24. The van der Waals surface area contributed by atoms with Gasteiger partial charge in [-0.25, -0.2) is 0 Å². The molecule has 3 nitrogen and oxygen atoms in total. The van der Waals surface area contributed by atoms with Crippen molar-refractivity contribution in [3.05, 3.63) is 65.7 Å². The van der Waals surface area contributed by atoms with Crippen molar-refractivity contribution < 1.29 is 9.53 Å². The van der Waals surface area contributed by atoms with Gasteiger partial charge < -0.3 is 10.1 Å². The summed E-state index contributed by atoms with van der Waals surface area (Å²) < 4.78 is 5.93. The van der Waals surface area contributed by atoms with Crippen LogP contribution in [0.4, 0.5) is 0 Å². The average Bonchev–Trinajstić information content (AvgIpc) is 2.62. The number of hydrogen-bond acceptors (Lipinski definition) is 2. The Balaban J connectivity index is 2.06. The lowest BCUT2D eigenvalue weighted by atomic mass is 9.97. The maximum Gasteiger partial charge on any atom is 0.261 e. The van der Waals surface area contributed by atoms with E-state index in [1.807, 2.05) is 42.5 Å². The highest BCUT2D eigenvalue weighted by Crippen LogP contribution is 2.23. The van der Waals surface area contributed by atoms with Crippen LogP contribution in [-0.2, 0) is 11.2 Å². The molecule has 3 heteroatoms. The lowest BCUT2D eigenvalue weighted by molar-refractivity contribution is -0.128. The smallest absolute Gasteiger partial charge is 0.261 e. The van der Waals surface area contributed by atoms with E-state index in [-0.39, 0.29) is 11.9 Å². The van der Waals surface area contributed by atoms with Gasteiger partial charge in [-0.05, 0) is 42.9 Å². The molecular formula is C22H29NO2. The summed E-state index contributed by atoms with van der Waals surface area (Å²) >= 11 is 0. The van der Waals surface area contributed by atoms with Crippen LogP contribution in [-0.4, -0.2) is 12.0 Å². The summed E-state index contributed by atoms with van der Waals surface area (Å²) in [5.74, 6) is 1.19. The van der Waals surface area contributed by atoms with E-state index in [0.29, 0.717) is 5.92 Å². The molecule has 0 fully saturated rings. The van der Waals surface area contributed by atoms with Crippen LogP contribution < -0.4 is 10.1 Å². The molecule has 2 atom stereocenters. The second-order valence-electron chi connectivity index (χ2n) is 6.82. The summed E-state index contributed by atoms with van der Waals surface area (Å²) in [7, 11) is 0. The second-order valence-corrected chi connectivity index (χ2v) is 6.82. The first kappa shape index (κ1) is 19.0. The molecule has 0 saturated carbocycles. The first-order valence-corrected chi connectivity index (χ1v) is 9.11. The van der Waals surface area contributed by atoms with Gasteiger partial charge in [0, 0.05) is 0 Å². The zero-order valence-electron chi connectivity index (χ0n) is 15.7. The van der Waals surface area contributed by atoms with E-state index in [0.717, 1.165) is 29.7 Å². The molecule has 0 aliphatic heterocycles. The lowest BCUT2D eigenvalue weighted by Gasteiger charge is -2.24. The Labute approximate surface area is 151 Å². The molecule has 2 rings (SSSR count). The maximum atomic E-state index is 12.7. The Bertz CT molecular complexity index is 667. The molecule has 0 radical (unpaired) electrons. The number of rotatable bonds is 8. The predicted octanol–water partition coefficient (Wildman–Crippen LogP) is 4.92. The van der Waals surface area contributed by atoms with Crippen LogP contribution in [0.15, 0.2) is 54.6 Å². The Kier molecular flexibility index (Phi) is 7.05. The fourth-order valence-corrected chi connectivity index (χ4v) is 2.88. The van der Waals surface area contributed by atoms with Gasteiger partial charge in [0.05, 0.1) is 6.04 Å². The zero-order valence-corrected chi connectivity index (χ0v) is 15.7. The number of hydrogen-bond donors (Lipinski definition) is 1. The third-order valence-corrected chi connectivity index (χ3v) is 4.25. The molecule has 1 amide bonds. The topological polar surface area (TPSA) is 38.3 Å². The van der Waals surface area contributed by atoms with Crippen molar-refractivity contribution in [1.82, 2.24) is 5.32 Å². The number of ether oxygens (including phenoxy) is 1. The minimum atomic E-state index is -0.536. The van der Waals surface area contributed by atoms with Gasteiger partial charge in [0.15, 0.2) is 6.10 Å². The molecule has 0 bridgehead atoms. The highest BCUT2D eigenvalue weighted by molar-refractivity contribution is 5.81. The van der Waals surface area contributed by atoms with E-state index in [9.17, 15) is 4.79 Å². The summed E-state index contributed by atoms with van der Waals surface area (Å²) in [6.45, 7) is 8.22. The van der Waals surface area contributed by atoms with Crippen LogP contribution in [0, 0.1) is 5.92 Å². The number of para-hydroxylation sites is 1. The van der Waals surface area contributed by atoms with Crippen LogP contribution >= 0.6 is 0 Å². The molecule has 0 heterocycles. The van der Waals surface area contributed by atoms with Crippen LogP contribution in [0.5, 0.6) is 5.75 Å². The maximum absolute atomic E-state index is 12.7. The van der Waals surface area contributed by atoms with Crippen molar-refractivity contribution in [1.29, 1.82) is 0 Å². The summed E-state index contributed by atoms with van der Waals surface area (Å²) in [5, 5.41) is 3.16. The van der Waals surface area contributed by atoms with E-state index >= 15 is 0 Å². The molecule has 1 N–H and O–H groups in total. The van der Waals surface area contributed by atoms with Gasteiger partial charge in [-0.3, -0.25) is 4.79 Å². The normalized spacial score (nSPS) is 13.3. The largest absolute Gasteiger partial charge is 0.481 e. The van der Waals surface area contributed by atoms with Gasteiger partial charge in [0.1, 0.15) is 5.75 Å². The number of aryl methyl sites for hydroxylation is 1. The zero-order chi connectivity index (χ0) is 18.2. The Morgan fingerprint density at radius 2 is 1.64 bits per heavy atom. The molecule has 2 aromatic carbocycles. The van der Waals surface area contributed by atoms with Gasteiger partial charge in [-0.1, -0.05) is 69.3 Å². The first-order chi connectivity index (χ1) is 12.0. The molecule has 0 unspecified atom stereocenters. The SMILES string of the molecule is CCc1ccccc1O[C@H](C)C(=O)N[C@H](CC(C)C)c1ccccc1. The number of nitrogens with one attached hydrogen (secondary N) is 1. The third kappa shape index (κ3) is 5.63.